The van der Waals surface area contributed by atoms with E-state index in [4.69, 9.17) is 0 Å². The molecule has 0 radical (unpaired) electrons. The Kier molecular flexibility index (Phi) is 8.12. The third-order valence-electron chi connectivity index (χ3n) is 2.66. The molecule has 0 amide bonds. The Balaban J connectivity index is 3.78. The fourth-order valence-electron chi connectivity index (χ4n) is 1.72. The van der Waals surface area contributed by atoms with E-state index in [1.807, 2.05) is 6.08 Å². The van der Waals surface area contributed by atoms with Crippen molar-refractivity contribution in [3.8, 4) is 0 Å². The van der Waals surface area contributed by atoms with E-state index in [9.17, 15) is 0 Å². The quantitative estimate of drug-likeness (QED) is 0.358. The average Bonchev–Trinajstić information content (AvgIpc) is 2.13. The van der Waals surface area contributed by atoms with Crippen molar-refractivity contribution < 1.29 is 0 Å². The van der Waals surface area contributed by atoms with Crippen molar-refractivity contribution in [1.29, 1.82) is 0 Å². The van der Waals surface area contributed by atoms with Crippen LogP contribution in [-0.4, -0.2) is 3.92 Å². The molecule has 0 nitrogen and oxygen atoms in total. The number of allylic oxidation sites excluding steroid dienone is 1. The molecule has 0 aromatic rings. The molecule has 0 aliphatic rings. The maximum Gasteiger partial charge on any atom is 0.0161 e. The highest BCUT2D eigenvalue weighted by atomic mass is 127. The predicted molar refractivity (Wildman–Crippen MR) is 70.5 cm³/mol. The van der Waals surface area contributed by atoms with Crippen molar-refractivity contribution in [2.45, 2.75) is 50.4 Å². The van der Waals surface area contributed by atoms with Gasteiger partial charge in [-0.25, -0.2) is 0 Å². The molecule has 0 aliphatic heterocycles. The van der Waals surface area contributed by atoms with Crippen LogP contribution in [0.25, 0.3) is 0 Å². The molecule has 0 bridgehead atoms. The first kappa shape index (κ1) is 13.5. The molecular weight excluding hydrogens is 271 g/mol. The van der Waals surface area contributed by atoms with Gasteiger partial charge in [-0.3, -0.25) is 0 Å². The highest BCUT2D eigenvalue weighted by Gasteiger charge is 2.19. The molecule has 1 heteroatoms. The van der Waals surface area contributed by atoms with E-state index < -0.39 is 0 Å². The minimum absolute atomic E-state index is 0.831. The molecule has 78 valence electrons. The monoisotopic (exact) mass is 294 g/mol. The average molecular weight is 294 g/mol. The molecule has 0 heterocycles. The van der Waals surface area contributed by atoms with Crippen molar-refractivity contribution in [2.75, 3.05) is 0 Å². The summed E-state index contributed by atoms with van der Waals surface area (Å²) in [5.74, 6) is 1.70. The lowest BCUT2D eigenvalue weighted by Crippen LogP contribution is -2.19. The first-order valence-electron chi connectivity index (χ1n) is 5.38. The third kappa shape index (κ3) is 5.71. The van der Waals surface area contributed by atoms with Crippen molar-refractivity contribution in [3.05, 3.63) is 12.7 Å². The lowest BCUT2D eigenvalue weighted by atomic mass is 9.91. The van der Waals surface area contributed by atoms with Crippen LogP contribution in [0.1, 0.15) is 46.5 Å². The summed E-state index contributed by atoms with van der Waals surface area (Å²) in [6, 6.07) is 0. The van der Waals surface area contributed by atoms with Gasteiger partial charge in [0.2, 0.25) is 0 Å². The largest absolute Gasteiger partial charge is 0.103 e. The summed E-state index contributed by atoms with van der Waals surface area (Å²) in [6.07, 6.45) is 7.18. The summed E-state index contributed by atoms with van der Waals surface area (Å²) in [5.41, 5.74) is 0. The molecule has 0 rings (SSSR count). The molecule has 0 spiro atoms. The van der Waals surface area contributed by atoms with E-state index in [0.29, 0.717) is 0 Å². The van der Waals surface area contributed by atoms with Crippen LogP contribution in [0, 0.1) is 11.8 Å². The zero-order valence-corrected chi connectivity index (χ0v) is 11.4. The van der Waals surface area contributed by atoms with E-state index in [1.165, 1.54) is 25.7 Å². The smallest absolute Gasteiger partial charge is 0.0161 e. The van der Waals surface area contributed by atoms with E-state index in [0.717, 1.165) is 15.8 Å². The zero-order valence-electron chi connectivity index (χ0n) is 9.22. The molecule has 0 saturated carbocycles. The SMILES string of the molecule is C=CCC[C@H](C)C(I)C(C)CCC. The van der Waals surface area contributed by atoms with Gasteiger partial charge in [-0.2, -0.15) is 0 Å². The topological polar surface area (TPSA) is 0 Å². The Bertz CT molecular complexity index is 131. The Labute approximate surface area is 97.3 Å². The van der Waals surface area contributed by atoms with Gasteiger partial charge in [-0.15, -0.1) is 6.58 Å². The molecule has 3 atom stereocenters. The normalized spacial score (nSPS) is 17.8. The molecule has 0 fully saturated rings. The molecule has 13 heavy (non-hydrogen) atoms. The first-order valence-corrected chi connectivity index (χ1v) is 6.63. The minimum Gasteiger partial charge on any atom is -0.103 e. The van der Waals surface area contributed by atoms with E-state index >= 15 is 0 Å². The number of hydrogen-bond acceptors (Lipinski definition) is 0. The zero-order chi connectivity index (χ0) is 10.3. The fourth-order valence-corrected chi connectivity index (χ4v) is 2.43. The highest BCUT2D eigenvalue weighted by molar-refractivity contribution is 14.1. The number of rotatable bonds is 7. The van der Waals surface area contributed by atoms with Gasteiger partial charge < -0.3 is 0 Å². The van der Waals surface area contributed by atoms with Crippen LogP contribution >= 0.6 is 22.6 Å². The van der Waals surface area contributed by atoms with Crippen LogP contribution in [0.4, 0.5) is 0 Å². The highest BCUT2D eigenvalue weighted by Crippen LogP contribution is 2.28. The molecule has 2 unspecified atom stereocenters. The summed E-state index contributed by atoms with van der Waals surface area (Å²) < 4.78 is 0.831. The third-order valence-corrected chi connectivity index (χ3v) is 5.11. The van der Waals surface area contributed by atoms with Gasteiger partial charge in [0.05, 0.1) is 0 Å². The van der Waals surface area contributed by atoms with Gasteiger partial charge in [0.25, 0.3) is 0 Å². The van der Waals surface area contributed by atoms with Crippen LogP contribution < -0.4 is 0 Å². The van der Waals surface area contributed by atoms with Crippen LogP contribution in [0.5, 0.6) is 0 Å². The fraction of sp³-hybridized carbons (Fsp3) is 0.833. The van der Waals surface area contributed by atoms with Crippen LogP contribution in [0.2, 0.25) is 0 Å². The van der Waals surface area contributed by atoms with Gasteiger partial charge in [0.1, 0.15) is 0 Å². The second-order valence-corrected chi connectivity index (χ2v) is 5.49. The Morgan fingerprint density at radius 1 is 1.23 bits per heavy atom. The molecule has 0 saturated heterocycles. The van der Waals surface area contributed by atoms with Crippen molar-refractivity contribution in [1.82, 2.24) is 0 Å². The summed E-state index contributed by atoms with van der Waals surface area (Å²) in [4.78, 5) is 0. The van der Waals surface area contributed by atoms with Crippen molar-refractivity contribution >= 4 is 22.6 Å². The van der Waals surface area contributed by atoms with Crippen molar-refractivity contribution in [2.24, 2.45) is 11.8 Å². The van der Waals surface area contributed by atoms with Gasteiger partial charge in [-0.1, -0.05) is 55.9 Å². The Hall–Kier alpha value is 0.470. The molecular formula is C12H23I. The lowest BCUT2D eigenvalue weighted by molar-refractivity contribution is 0.406. The summed E-state index contributed by atoms with van der Waals surface area (Å²) in [7, 11) is 0. The molecule has 0 N–H and O–H groups in total. The van der Waals surface area contributed by atoms with E-state index in [2.05, 4.69) is 49.9 Å². The lowest BCUT2D eigenvalue weighted by Gasteiger charge is -2.23. The van der Waals surface area contributed by atoms with Gasteiger partial charge in [0.15, 0.2) is 0 Å². The minimum atomic E-state index is 0.831. The van der Waals surface area contributed by atoms with E-state index in [-0.39, 0.29) is 0 Å². The summed E-state index contributed by atoms with van der Waals surface area (Å²) in [5, 5.41) is 0. The number of halogens is 1. The van der Waals surface area contributed by atoms with Crippen LogP contribution in [-0.2, 0) is 0 Å². The van der Waals surface area contributed by atoms with Gasteiger partial charge in [0, 0.05) is 3.92 Å². The Morgan fingerprint density at radius 3 is 2.23 bits per heavy atom. The molecule has 0 aromatic carbocycles. The van der Waals surface area contributed by atoms with Crippen molar-refractivity contribution in [3.63, 3.8) is 0 Å². The standard InChI is InChI=1S/C12H23I/c1-5-7-9-11(4)12(13)10(3)8-6-2/h5,10-12H,1,6-9H2,2-4H3/t10?,11-,12?/m0/s1. The number of hydrogen-bond donors (Lipinski definition) is 0. The first-order chi connectivity index (χ1) is 6.13. The second-order valence-electron chi connectivity index (χ2n) is 4.05. The van der Waals surface area contributed by atoms with Crippen LogP contribution in [0.3, 0.4) is 0 Å². The molecule has 0 aromatic heterocycles. The maximum absolute atomic E-state index is 3.77. The number of alkyl halides is 1. The Morgan fingerprint density at radius 2 is 1.77 bits per heavy atom. The maximum atomic E-state index is 3.77. The van der Waals surface area contributed by atoms with Gasteiger partial charge >= 0.3 is 0 Å². The predicted octanol–water partition coefficient (Wildman–Crippen LogP) is 4.83. The van der Waals surface area contributed by atoms with E-state index in [1.54, 1.807) is 0 Å². The molecule has 0 aliphatic carbocycles. The van der Waals surface area contributed by atoms with Gasteiger partial charge in [-0.05, 0) is 31.1 Å². The summed E-state index contributed by atoms with van der Waals surface area (Å²) >= 11 is 2.62. The van der Waals surface area contributed by atoms with Crippen LogP contribution in [0.15, 0.2) is 12.7 Å². The summed E-state index contributed by atoms with van der Waals surface area (Å²) in [6.45, 7) is 10.8. The second kappa shape index (κ2) is 7.84.